The van der Waals surface area contributed by atoms with Crippen LogP contribution in [0, 0.1) is 0 Å². The van der Waals surface area contributed by atoms with E-state index >= 15 is 0 Å². The molecular formula is C32H27Cl2N3O3. The van der Waals surface area contributed by atoms with Gasteiger partial charge in [-0.2, -0.15) is 0 Å². The Kier molecular flexibility index (Phi) is 8.69. The van der Waals surface area contributed by atoms with Crippen LogP contribution in [0.2, 0.25) is 10.0 Å². The number of nitrogens with zero attached hydrogens (tertiary/aromatic N) is 2. The number of piperazine rings is 1. The summed E-state index contributed by atoms with van der Waals surface area (Å²) in [4.78, 5) is 29.1. The van der Waals surface area contributed by atoms with E-state index in [0.717, 1.165) is 29.9 Å². The Labute approximate surface area is 243 Å². The molecule has 4 aromatic rings. The van der Waals surface area contributed by atoms with E-state index in [4.69, 9.17) is 27.6 Å². The quantitative estimate of drug-likeness (QED) is 0.237. The fourth-order valence-electron chi connectivity index (χ4n) is 4.41. The van der Waals surface area contributed by atoms with Crippen molar-refractivity contribution in [3.05, 3.63) is 118 Å². The Bertz CT molecular complexity index is 1520. The van der Waals surface area contributed by atoms with Crippen LogP contribution < -0.4 is 10.2 Å². The average Bonchev–Trinajstić information content (AvgIpc) is 3.45. The van der Waals surface area contributed by atoms with Crippen molar-refractivity contribution < 1.29 is 14.0 Å². The Morgan fingerprint density at radius 1 is 0.775 bits per heavy atom. The zero-order valence-corrected chi connectivity index (χ0v) is 23.1. The van der Waals surface area contributed by atoms with E-state index < -0.39 is 0 Å². The van der Waals surface area contributed by atoms with Gasteiger partial charge in [0.25, 0.3) is 0 Å². The lowest BCUT2D eigenvalue weighted by atomic mass is 10.2. The number of rotatable bonds is 7. The predicted octanol–water partition coefficient (Wildman–Crippen LogP) is 7.27. The molecule has 202 valence electrons. The lowest BCUT2D eigenvalue weighted by molar-refractivity contribution is -0.126. The zero-order chi connectivity index (χ0) is 27.9. The molecular weight excluding hydrogens is 545 g/mol. The van der Waals surface area contributed by atoms with Gasteiger partial charge in [-0.15, -0.1) is 0 Å². The first-order valence-electron chi connectivity index (χ1n) is 12.9. The van der Waals surface area contributed by atoms with E-state index in [2.05, 4.69) is 10.2 Å². The molecule has 0 saturated carbocycles. The Morgan fingerprint density at radius 2 is 1.48 bits per heavy atom. The van der Waals surface area contributed by atoms with E-state index in [1.54, 1.807) is 42.5 Å². The minimum absolute atomic E-state index is 0.0225. The molecule has 8 heteroatoms. The van der Waals surface area contributed by atoms with Gasteiger partial charge in [-0.05, 0) is 72.3 Å². The monoisotopic (exact) mass is 571 g/mol. The molecule has 5 rings (SSSR count). The number of furan rings is 1. The van der Waals surface area contributed by atoms with Gasteiger partial charge < -0.3 is 19.5 Å². The first-order chi connectivity index (χ1) is 19.4. The average molecular weight is 572 g/mol. The van der Waals surface area contributed by atoms with Crippen molar-refractivity contribution in [1.29, 1.82) is 0 Å². The van der Waals surface area contributed by atoms with Crippen LogP contribution in [-0.4, -0.2) is 42.9 Å². The van der Waals surface area contributed by atoms with Crippen molar-refractivity contribution in [3.63, 3.8) is 0 Å². The molecule has 40 heavy (non-hydrogen) atoms. The van der Waals surface area contributed by atoms with E-state index in [1.807, 2.05) is 65.6 Å². The fraction of sp³-hybridized carbons (Fsp3) is 0.125. The van der Waals surface area contributed by atoms with Crippen molar-refractivity contribution in [3.8, 4) is 11.3 Å². The van der Waals surface area contributed by atoms with E-state index in [0.29, 0.717) is 40.3 Å². The number of benzene rings is 3. The highest BCUT2D eigenvalue weighted by atomic mass is 35.5. The van der Waals surface area contributed by atoms with Crippen molar-refractivity contribution >= 4 is 58.5 Å². The number of nitrogens with one attached hydrogen (secondary N) is 1. The second-order valence-corrected chi connectivity index (χ2v) is 10.2. The third-order valence-electron chi connectivity index (χ3n) is 6.48. The molecule has 1 aliphatic rings. The summed E-state index contributed by atoms with van der Waals surface area (Å²) in [5, 5.41) is 3.90. The number of carbonyl (C=O) groups is 2. The maximum absolute atomic E-state index is 12.6. The van der Waals surface area contributed by atoms with Gasteiger partial charge in [-0.25, -0.2) is 0 Å². The maximum Gasteiger partial charge on any atom is 0.248 e. The van der Waals surface area contributed by atoms with Crippen LogP contribution in [0.3, 0.4) is 0 Å². The molecule has 0 spiro atoms. The van der Waals surface area contributed by atoms with Crippen molar-refractivity contribution in [2.45, 2.75) is 0 Å². The number of halogens is 2. The molecule has 6 nitrogen and oxygen atoms in total. The Hall–Kier alpha value is -4.26. The summed E-state index contributed by atoms with van der Waals surface area (Å²) >= 11 is 12.1. The first kappa shape index (κ1) is 27.3. The Balaban J connectivity index is 1.10. The van der Waals surface area contributed by atoms with Gasteiger partial charge in [0, 0.05) is 65.3 Å². The van der Waals surface area contributed by atoms with E-state index in [-0.39, 0.29) is 11.8 Å². The lowest BCUT2D eigenvalue weighted by Crippen LogP contribution is -2.48. The molecule has 0 radical (unpaired) electrons. The number of carbonyl (C=O) groups excluding carboxylic acids is 2. The van der Waals surface area contributed by atoms with Gasteiger partial charge in [0.2, 0.25) is 11.8 Å². The third kappa shape index (κ3) is 7.23. The minimum Gasteiger partial charge on any atom is -0.457 e. The number of amides is 2. The van der Waals surface area contributed by atoms with Gasteiger partial charge in [0.15, 0.2) is 0 Å². The molecule has 1 saturated heterocycles. The molecule has 1 aromatic heterocycles. The van der Waals surface area contributed by atoms with Crippen LogP contribution >= 0.6 is 23.2 Å². The molecule has 1 aliphatic heterocycles. The second-order valence-electron chi connectivity index (χ2n) is 9.29. The summed E-state index contributed by atoms with van der Waals surface area (Å²) in [5.41, 5.74) is 3.50. The molecule has 0 bridgehead atoms. The van der Waals surface area contributed by atoms with Crippen molar-refractivity contribution in [2.24, 2.45) is 0 Å². The summed E-state index contributed by atoms with van der Waals surface area (Å²) in [6, 6.07) is 26.2. The van der Waals surface area contributed by atoms with Crippen molar-refractivity contribution in [1.82, 2.24) is 4.90 Å². The van der Waals surface area contributed by atoms with Gasteiger partial charge in [-0.3, -0.25) is 9.59 Å². The molecule has 3 aromatic carbocycles. The third-order valence-corrected chi connectivity index (χ3v) is 6.92. The molecule has 1 fully saturated rings. The van der Waals surface area contributed by atoms with Crippen LogP contribution in [0.25, 0.3) is 23.5 Å². The van der Waals surface area contributed by atoms with Crippen LogP contribution in [0.4, 0.5) is 11.4 Å². The SMILES string of the molecule is O=C(/C=C/c1ccc(-c2cc(Cl)cc(Cl)c2)o1)Nc1ccc(N2CCN(C(=O)/C=C/c3ccccc3)CC2)cc1. The molecule has 0 aliphatic carbocycles. The molecule has 1 N–H and O–H groups in total. The zero-order valence-electron chi connectivity index (χ0n) is 21.6. The van der Waals surface area contributed by atoms with E-state index in [1.165, 1.54) is 6.08 Å². The predicted molar refractivity (Wildman–Crippen MR) is 163 cm³/mol. The lowest BCUT2D eigenvalue weighted by Gasteiger charge is -2.35. The van der Waals surface area contributed by atoms with Crippen LogP contribution in [0.1, 0.15) is 11.3 Å². The maximum atomic E-state index is 12.6. The Morgan fingerprint density at radius 3 is 2.17 bits per heavy atom. The van der Waals surface area contributed by atoms with Gasteiger partial charge in [0.05, 0.1) is 0 Å². The summed E-state index contributed by atoms with van der Waals surface area (Å²) in [6.45, 7) is 2.79. The second kappa shape index (κ2) is 12.7. The van der Waals surface area contributed by atoms with E-state index in [9.17, 15) is 9.59 Å². The molecule has 0 unspecified atom stereocenters. The highest BCUT2D eigenvalue weighted by molar-refractivity contribution is 6.35. The first-order valence-corrected chi connectivity index (χ1v) is 13.6. The smallest absolute Gasteiger partial charge is 0.248 e. The summed E-state index contributed by atoms with van der Waals surface area (Å²) in [5.74, 6) is 0.889. The summed E-state index contributed by atoms with van der Waals surface area (Å²) in [7, 11) is 0. The highest BCUT2D eigenvalue weighted by Gasteiger charge is 2.20. The number of anilines is 2. The van der Waals surface area contributed by atoms with Crippen LogP contribution in [0.5, 0.6) is 0 Å². The summed E-state index contributed by atoms with van der Waals surface area (Å²) < 4.78 is 5.80. The van der Waals surface area contributed by atoms with Gasteiger partial charge >= 0.3 is 0 Å². The summed E-state index contributed by atoms with van der Waals surface area (Å²) in [6.07, 6.45) is 6.51. The molecule has 0 atom stereocenters. The topological polar surface area (TPSA) is 65.8 Å². The number of hydrogen-bond acceptors (Lipinski definition) is 4. The highest BCUT2D eigenvalue weighted by Crippen LogP contribution is 2.29. The van der Waals surface area contributed by atoms with Gasteiger partial charge in [0.1, 0.15) is 11.5 Å². The van der Waals surface area contributed by atoms with Crippen LogP contribution in [-0.2, 0) is 9.59 Å². The number of hydrogen-bond donors (Lipinski definition) is 1. The standard InChI is InChI=1S/C32H27Cl2N3O3/c33-25-20-24(21-26(34)22-25)30-13-11-29(40-30)12-14-31(38)35-27-7-9-28(10-8-27)36-16-18-37(19-17-36)32(39)15-6-23-4-2-1-3-5-23/h1-15,20-22H,16-19H2,(H,35,38)/b14-12+,15-6+. The van der Waals surface area contributed by atoms with Crippen molar-refractivity contribution in [2.75, 3.05) is 36.4 Å². The van der Waals surface area contributed by atoms with Crippen LogP contribution in [0.15, 0.2) is 101 Å². The minimum atomic E-state index is -0.271. The largest absolute Gasteiger partial charge is 0.457 e. The molecule has 2 heterocycles. The molecule has 2 amide bonds. The normalized spacial score (nSPS) is 13.8. The van der Waals surface area contributed by atoms with Gasteiger partial charge in [-0.1, -0.05) is 53.5 Å². The fourth-order valence-corrected chi connectivity index (χ4v) is 4.94.